The number of aryl methyl sites for hydroxylation is 1. The number of guanidine groups is 1. The summed E-state index contributed by atoms with van der Waals surface area (Å²) in [4.78, 5) is 15.1. The standard InChI is InChI=1S/C20H26N4O2/c1-14-7-4-5-10-18(14)15(2)24-20(22-3)23-12-16-8-6-9-17(11-16)26-13-19(21)25/h4-11,15H,12-13H2,1-3H3,(H2,21,25)(H2,22,23,24). The number of nitrogens with two attached hydrogens (primary N) is 1. The van der Waals surface area contributed by atoms with Gasteiger partial charge in [0.2, 0.25) is 0 Å². The summed E-state index contributed by atoms with van der Waals surface area (Å²) in [6.45, 7) is 4.65. The fourth-order valence-corrected chi connectivity index (χ4v) is 2.64. The second-order valence-electron chi connectivity index (χ2n) is 6.05. The number of aliphatic imine (C=N–C) groups is 1. The first kappa shape index (κ1) is 19.3. The smallest absolute Gasteiger partial charge is 0.255 e. The van der Waals surface area contributed by atoms with Crippen LogP contribution >= 0.6 is 0 Å². The number of hydrogen-bond acceptors (Lipinski definition) is 3. The second-order valence-corrected chi connectivity index (χ2v) is 6.05. The van der Waals surface area contributed by atoms with E-state index in [1.54, 1.807) is 13.1 Å². The molecule has 0 aliphatic heterocycles. The SMILES string of the molecule is CN=C(NCc1cccc(OCC(N)=O)c1)NC(C)c1ccccc1C. The van der Waals surface area contributed by atoms with Gasteiger partial charge in [-0.15, -0.1) is 0 Å². The van der Waals surface area contributed by atoms with Gasteiger partial charge in [-0.1, -0.05) is 36.4 Å². The minimum atomic E-state index is -0.497. The Balaban J connectivity index is 1.94. The number of nitrogens with one attached hydrogen (secondary N) is 2. The molecule has 0 fully saturated rings. The van der Waals surface area contributed by atoms with Crippen LogP contribution in [-0.2, 0) is 11.3 Å². The molecule has 138 valence electrons. The first-order valence-electron chi connectivity index (χ1n) is 8.52. The molecule has 6 heteroatoms. The number of ether oxygens (including phenoxy) is 1. The molecule has 0 saturated carbocycles. The molecule has 2 aromatic carbocycles. The summed E-state index contributed by atoms with van der Waals surface area (Å²) in [5, 5.41) is 6.68. The number of carbonyl (C=O) groups is 1. The topological polar surface area (TPSA) is 88.7 Å². The lowest BCUT2D eigenvalue weighted by atomic mass is 10.0. The van der Waals surface area contributed by atoms with Gasteiger partial charge in [0.25, 0.3) is 5.91 Å². The van der Waals surface area contributed by atoms with Crippen molar-refractivity contribution in [1.29, 1.82) is 0 Å². The van der Waals surface area contributed by atoms with Crippen molar-refractivity contribution >= 4 is 11.9 Å². The fraction of sp³-hybridized carbons (Fsp3) is 0.300. The average Bonchev–Trinajstić information content (AvgIpc) is 2.64. The molecule has 4 N–H and O–H groups in total. The normalized spacial score (nSPS) is 12.3. The van der Waals surface area contributed by atoms with Crippen molar-refractivity contribution in [2.24, 2.45) is 10.7 Å². The molecular formula is C20H26N4O2. The van der Waals surface area contributed by atoms with E-state index >= 15 is 0 Å². The van der Waals surface area contributed by atoms with Gasteiger partial charge < -0.3 is 21.1 Å². The maximum atomic E-state index is 10.8. The molecule has 1 amide bonds. The predicted molar refractivity (Wildman–Crippen MR) is 104 cm³/mol. The Bertz CT molecular complexity index is 774. The molecule has 1 atom stereocenters. The summed E-state index contributed by atoms with van der Waals surface area (Å²) in [6, 6.07) is 15.9. The Morgan fingerprint density at radius 3 is 2.69 bits per heavy atom. The molecule has 2 rings (SSSR count). The largest absolute Gasteiger partial charge is 0.484 e. The van der Waals surface area contributed by atoms with Crippen molar-refractivity contribution < 1.29 is 9.53 Å². The van der Waals surface area contributed by atoms with Crippen molar-refractivity contribution in [3.63, 3.8) is 0 Å². The average molecular weight is 354 g/mol. The van der Waals surface area contributed by atoms with Crippen LogP contribution in [0.3, 0.4) is 0 Å². The Labute approximate surface area is 154 Å². The Morgan fingerprint density at radius 1 is 1.23 bits per heavy atom. The lowest BCUT2D eigenvalue weighted by molar-refractivity contribution is -0.119. The summed E-state index contributed by atoms with van der Waals surface area (Å²) >= 11 is 0. The summed E-state index contributed by atoms with van der Waals surface area (Å²) in [5.41, 5.74) is 8.58. The van der Waals surface area contributed by atoms with Gasteiger partial charge >= 0.3 is 0 Å². The lowest BCUT2D eigenvalue weighted by Crippen LogP contribution is -2.38. The minimum Gasteiger partial charge on any atom is -0.484 e. The van der Waals surface area contributed by atoms with E-state index in [-0.39, 0.29) is 12.6 Å². The van der Waals surface area contributed by atoms with Crippen LogP contribution in [0.5, 0.6) is 5.75 Å². The van der Waals surface area contributed by atoms with Gasteiger partial charge in [0.1, 0.15) is 5.75 Å². The zero-order valence-corrected chi connectivity index (χ0v) is 15.5. The minimum absolute atomic E-state index is 0.131. The molecule has 0 heterocycles. The van der Waals surface area contributed by atoms with Gasteiger partial charge in [0, 0.05) is 13.6 Å². The van der Waals surface area contributed by atoms with Crippen LogP contribution in [-0.4, -0.2) is 25.5 Å². The van der Waals surface area contributed by atoms with Crippen LogP contribution < -0.4 is 21.1 Å². The van der Waals surface area contributed by atoms with E-state index in [1.807, 2.05) is 30.3 Å². The highest BCUT2D eigenvalue weighted by Crippen LogP contribution is 2.16. The summed E-state index contributed by atoms with van der Waals surface area (Å²) in [5.74, 6) is 0.826. The second kappa shape index (κ2) is 9.46. The van der Waals surface area contributed by atoms with Crippen molar-refractivity contribution in [3.05, 3.63) is 65.2 Å². The van der Waals surface area contributed by atoms with Gasteiger partial charge in [-0.2, -0.15) is 0 Å². The van der Waals surface area contributed by atoms with Crippen molar-refractivity contribution in [2.75, 3.05) is 13.7 Å². The number of nitrogens with zero attached hydrogens (tertiary/aromatic N) is 1. The third-order valence-electron chi connectivity index (χ3n) is 3.97. The highest BCUT2D eigenvalue weighted by molar-refractivity contribution is 5.80. The Hall–Kier alpha value is -3.02. The molecule has 0 aromatic heterocycles. The fourth-order valence-electron chi connectivity index (χ4n) is 2.64. The Morgan fingerprint density at radius 2 is 2.00 bits per heavy atom. The first-order chi connectivity index (χ1) is 12.5. The van der Waals surface area contributed by atoms with Crippen molar-refractivity contribution in [1.82, 2.24) is 10.6 Å². The molecule has 6 nitrogen and oxygen atoms in total. The van der Waals surface area contributed by atoms with Crippen LogP contribution in [0, 0.1) is 6.92 Å². The Kier molecular flexibility index (Phi) is 7.02. The quantitative estimate of drug-likeness (QED) is 0.526. The van der Waals surface area contributed by atoms with E-state index in [2.05, 4.69) is 41.6 Å². The monoisotopic (exact) mass is 354 g/mol. The molecule has 26 heavy (non-hydrogen) atoms. The highest BCUT2D eigenvalue weighted by Gasteiger charge is 2.09. The molecule has 0 saturated heterocycles. The number of hydrogen-bond donors (Lipinski definition) is 3. The summed E-state index contributed by atoms with van der Waals surface area (Å²) in [7, 11) is 1.74. The number of carbonyl (C=O) groups excluding carboxylic acids is 1. The molecule has 0 bridgehead atoms. The van der Waals surface area contributed by atoms with Crippen molar-refractivity contribution in [2.45, 2.75) is 26.4 Å². The van der Waals surface area contributed by atoms with Crippen LogP contribution in [0.2, 0.25) is 0 Å². The molecule has 0 aliphatic rings. The van der Waals surface area contributed by atoms with Gasteiger partial charge in [-0.3, -0.25) is 9.79 Å². The van der Waals surface area contributed by atoms with Gasteiger partial charge in [-0.05, 0) is 42.7 Å². The number of primary amides is 1. The van der Waals surface area contributed by atoms with E-state index in [0.29, 0.717) is 18.3 Å². The predicted octanol–water partition coefficient (Wildman–Crippen LogP) is 2.29. The van der Waals surface area contributed by atoms with E-state index in [1.165, 1.54) is 11.1 Å². The van der Waals surface area contributed by atoms with E-state index in [0.717, 1.165) is 5.56 Å². The number of amides is 1. The number of benzene rings is 2. The number of rotatable bonds is 7. The van der Waals surface area contributed by atoms with E-state index in [4.69, 9.17) is 10.5 Å². The van der Waals surface area contributed by atoms with Crippen LogP contribution in [0.4, 0.5) is 0 Å². The third-order valence-corrected chi connectivity index (χ3v) is 3.97. The van der Waals surface area contributed by atoms with Gasteiger partial charge in [0.05, 0.1) is 6.04 Å². The molecule has 1 unspecified atom stereocenters. The molecule has 0 radical (unpaired) electrons. The van der Waals surface area contributed by atoms with Crippen LogP contribution in [0.25, 0.3) is 0 Å². The molecule has 2 aromatic rings. The van der Waals surface area contributed by atoms with Crippen LogP contribution in [0.1, 0.15) is 29.7 Å². The van der Waals surface area contributed by atoms with E-state index in [9.17, 15) is 4.79 Å². The molecule has 0 aliphatic carbocycles. The van der Waals surface area contributed by atoms with Crippen LogP contribution in [0.15, 0.2) is 53.5 Å². The zero-order chi connectivity index (χ0) is 18.9. The van der Waals surface area contributed by atoms with Gasteiger partial charge in [-0.25, -0.2) is 0 Å². The molecule has 0 spiro atoms. The molecular weight excluding hydrogens is 328 g/mol. The highest BCUT2D eigenvalue weighted by atomic mass is 16.5. The maximum absolute atomic E-state index is 10.8. The maximum Gasteiger partial charge on any atom is 0.255 e. The summed E-state index contributed by atoms with van der Waals surface area (Å²) < 4.78 is 5.33. The summed E-state index contributed by atoms with van der Waals surface area (Å²) in [6.07, 6.45) is 0. The lowest BCUT2D eigenvalue weighted by Gasteiger charge is -2.20. The van der Waals surface area contributed by atoms with E-state index < -0.39 is 5.91 Å². The zero-order valence-electron chi connectivity index (χ0n) is 15.5. The van der Waals surface area contributed by atoms with Crippen molar-refractivity contribution in [3.8, 4) is 5.75 Å². The first-order valence-corrected chi connectivity index (χ1v) is 8.52. The van der Waals surface area contributed by atoms with Gasteiger partial charge in [0.15, 0.2) is 12.6 Å². The third kappa shape index (κ3) is 5.81.